The van der Waals surface area contributed by atoms with E-state index in [-0.39, 0.29) is 23.6 Å². The van der Waals surface area contributed by atoms with Crippen LogP contribution in [-0.4, -0.2) is 29.9 Å². The molecule has 2 amide bonds. The van der Waals surface area contributed by atoms with Crippen molar-refractivity contribution < 1.29 is 14.1 Å². The third-order valence-corrected chi connectivity index (χ3v) is 5.43. The third kappa shape index (κ3) is 2.91. The monoisotopic (exact) mass is 341 g/mol. The Bertz CT molecular complexity index is 756. The van der Waals surface area contributed by atoms with E-state index in [0.29, 0.717) is 23.9 Å². The highest BCUT2D eigenvalue weighted by molar-refractivity contribution is 5.74. The molecule has 0 radical (unpaired) electrons. The summed E-state index contributed by atoms with van der Waals surface area (Å²) in [5, 5.41) is 9.99. The molecule has 1 saturated heterocycles. The van der Waals surface area contributed by atoms with Crippen molar-refractivity contribution in [3.8, 4) is 11.3 Å². The molecule has 2 aromatic rings. The molecular formula is C19H23N3O3. The van der Waals surface area contributed by atoms with Crippen LogP contribution in [0.2, 0.25) is 0 Å². The molecule has 2 N–H and O–H groups in total. The summed E-state index contributed by atoms with van der Waals surface area (Å²) in [6.07, 6.45) is 1.28. The number of carbonyl (C=O) groups excluding carboxylic acids is 1. The second-order valence-corrected chi connectivity index (χ2v) is 7.42. The van der Waals surface area contributed by atoms with Gasteiger partial charge in [0.15, 0.2) is 5.76 Å². The van der Waals surface area contributed by atoms with Crippen LogP contribution in [0, 0.1) is 11.3 Å². The smallest absolute Gasteiger partial charge is 0.315 e. The van der Waals surface area contributed by atoms with E-state index in [0.717, 1.165) is 18.6 Å². The van der Waals surface area contributed by atoms with Gasteiger partial charge in [-0.15, -0.1) is 0 Å². The van der Waals surface area contributed by atoms with Crippen LogP contribution in [0.4, 0.5) is 4.79 Å². The number of ether oxygens (including phenoxy) is 1. The number of nitrogens with zero attached hydrogens (tertiary/aromatic N) is 1. The molecule has 2 heterocycles. The lowest BCUT2D eigenvalue weighted by atomic mass is 9.57. The van der Waals surface area contributed by atoms with Gasteiger partial charge in [0.05, 0.1) is 12.6 Å². The van der Waals surface area contributed by atoms with Gasteiger partial charge in [-0.05, 0) is 6.42 Å². The minimum atomic E-state index is -0.173. The average Bonchev–Trinajstić information content (AvgIpc) is 3.27. The van der Waals surface area contributed by atoms with Gasteiger partial charge in [0.1, 0.15) is 5.69 Å². The van der Waals surface area contributed by atoms with Crippen LogP contribution >= 0.6 is 0 Å². The van der Waals surface area contributed by atoms with Gasteiger partial charge in [-0.1, -0.05) is 49.3 Å². The molecule has 3 atom stereocenters. The number of hydrogen-bond acceptors (Lipinski definition) is 4. The fourth-order valence-corrected chi connectivity index (χ4v) is 4.11. The Labute approximate surface area is 146 Å². The minimum Gasteiger partial charge on any atom is -0.377 e. The zero-order valence-corrected chi connectivity index (χ0v) is 14.5. The maximum absolute atomic E-state index is 12.3. The lowest BCUT2D eigenvalue weighted by Crippen LogP contribution is -2.67. The van der Waals surface area contributed by atoms with Crippen LogP contribution in [0.15, 0.2) is 40.9 Å². The summed E-state index contributed by atoms with van der Waals surface area (Å²) in [6.45, 7) is 5.42. The number of urea groups is 1. The summed E-state index contributed by atoms with van der Waals surface area (Å²) < 4.78 is 11.1. The van der Waals surface area contributed by atoms with Crippen LogP contribution in [-0.2, 0) is 11.3 Å². The van der Waals surface area contributed by atoms with Gasteiger partial charge in [0.25, 0.3) is 0 Å². The van der Waals surface area contributed by atoms with Crippen molar-refractivity contribution >= 4 is 6.03 Å². The fourth-order valence-electron chi connectivity index (χ4n) is 4.11. The molecule has 6 nitrogen and oxygen atoms in total. The molecule has 1 aromatic carbocycles. The van der Waals surface area contributed by atoms with E-state index < -0.39 is 0 Å². The van der Waals surface area contributed by atoms with Crippen molar-refractivity contribution in [3.05, 3.63) is 42.1 Å². The number of fused-ring (bicyclic) bond motifs is 1. The second kappa shape index (κ2) is 6.19. The molecule has 25 heavy (non-hydrogen) atoms. The van der Waals surface area contributed by atoms with Crippen LogP contribution in [0.1, 0.15) is 26.0 Å². The summed E-state index contributed by atoms with van der Waals surface area (Å²) >= 11 is 0. The zero-order valence-electron chi connectivity index (χ0n) is 14.5. The predicted octanol–water partition coefficient (Wildman–Crippen LogP) is 2.95. The summed E-state index contributed by atoms with van der Waals surface area (Å²) in [5.74, 6) is 1.13. The molecule has 0 spiro atoms. The molecule has 1 aliphatic heterocycles. The molecular weight excluding hydrogens is 318 g/mol. The Hall–Kier alpha value is -2.34. The minimum absolute atomic E-state index is 0.0210. The predicted molar refractivity (Wildman–Crippen MR) is 92.7 cm³/mol. The molecule has 1 saturated carbocycles. The summed E-state index contributed by atoms with van der Waals surface area (Å²) in [6, 6.07) is 11.6. The highest BCUT2D eigenvalue weighted by atomic mass is 16.5. The van der Waals surface area contributed by atoms with E-state index in [1.165, 1.54) is 0 Å². The molecule has 2 fully saturated rings. The Kier molecular flexibility index (Phi) is 4.00. The highest BCUT2D eigenvalue weighted by Crippen LogP contribution is 2.52. The molecule has 4 rings (SSSR count). The van der Waals surface area contributed by atoms with Gasteiger partial charge in [-0.25, -0.2) is 4.79 Å². The Morgan fingerprint density at radius 3 is 2.92 bits per heavy atom. The maximum Gasteiger partial charge on any atom is 0.315 e. The zero-order chi connectivity index (χ0) is 17.4. The summed E-state index contributed by atoms with van der Waals surface area (Å²) in [7, 11) is 0. The maximum atomic E-state index is 12.3. The van der Waals surface area contributed by atoms with E-state index in [4.69, 9.17) is 9.26 Å². The van der Waals surface area contributed by atoms with Gasteiger partial charge in [-0.2, -0.15) is 0 Å². The van der Waals surface area contributed by atoms with Crippen LogP contribution in [0.3, 0.4) is 0 Å². The number of rotatable bonds is 4. The topological polar surface area (TPSA) is 76.4 Å². The van der Waals surface area contributed by atoms with E-state index >= 15 is 0 Å². The Morgan fingerprint density at radius 2 is 2.12 bits per heavy atom. The van der Waals surface area contributed by atoms with Crippen molar-refractivity contribution in [3.63, 3.8) is 0 Å². The standard InChI is InChI=1S/C19H23N3O3/c1-19(2)16(14-8-9-24-17(14)19)21-18(23)20-11-13-10-15(25-22-13)12-6-4-3-5-7-12/h3-7,10,14,16-17H,8-9,11H2,1-2H3,(H2,20,21,23)/t14-,16-,17+/m1/s1. The van der Waals surface area contributed by atoms with Gasteiger partial charge in [0, 0.05) is 35.6 Å². The van der Waals surface area contributed by atoms with Crippen molar-refractivity contribution in [2.45, 2.75) is 39.0 Å². The van der Waals surface area contributed by atoms with Crippen LogP contribution in [0.25, 0.3) is 11.3 Å². The normalized spacial score (nSPS) is 26.6. The molecule has 1 aromatic heterocycles. The largest absolute Gasteiger partial charge is 0.377 e. The van der Waals surface area contributed by atoms with E-state index in [9.17, 15) is 4.79 Å². The van der Waals surface area contributed by atoms with Gasteiger partial charge in [0.2, 0.25) is 0 Å². The van der Waals surface area contributed by atoms with Crippen molar-refractivity contribution in [1.82, 2.24) is 15.8 Å². The van der Waals surface area contributed by atoms with Crippen molar-refractivity contribution in [2.24, 2.45) is 11.3 Å². The number of aromatic nitrogens is 1. The number of amides is 2. The third-order valence-electron chi connectivity index (χ3n) is 5.43. The van der Waals surface area contributed by atoms with Crippen LogP contribution < -0.4 is 10.6 Å². The van der Waals surface area contributed by atoms with Gasteiger partial charge < -0.3 is 19.9 Å². The van der Waals surface area contributed by atoms with E-state index in [1.54, 1.807) is 0 Å². The average molecular weight is 341 g/mol. The van der Waals surface area contributed by atoms with Gasteiger partial charge in [-0.3, -0.25) is 0 Å². The van der Waals surface area contributed by atoms with E-state index in [2.05, 4.69) is 29.6 Å². The molecule has 132 valence electrons. The van der Waals surface area contributed by atoms with Crippen molar-refractivity contribution in [1.29, 1.82) is 0 Å². The number of benzene rings is 1. The lowest BCUT2D eigenvalue weighted by Gasteiger charge is -2.54. The number of carbonyl (C=O) groups is 1. The van der Waals surface area contributed by atoms with E-state index in [1.807, 2.05) is 36.4 Å². The quantitative estimate of drug-likeness (QED) is 0.896. The first-order valence-electron chi connectivity index (χ1n) is 8.72. The molecule has 0 bridgehead atoms. The van der Waals surface area contributed by atoms with Gasteiger partial charge >= 0.3 is 6.03 Å². The summed E-state index contributed by atoms with van der Waals surface area (Å²) in [4.78, 5) is 12.3. The Morgan fingerprint density at radius 1 is 1.32 bits per heavy atom. The SMILES string of the molecule is CC1(C)[C@H](NC(=O)NCc2cc(-c3ccccc3)on2)[C@H]2CCO[C@@H]21. The van der Waals surface area contributed by atoms with Crippen LogP contribution in [0.5, 0.6) is 0 Å². The highest BCUT2D eigenvalue weighted by Gasteiger charge is 2.59. The first-order chi connectivity index (χ1) is 12.1. The first-order valence-corrected chi connectivity index (χ1v) is 8.72. The lowest BCUT2D eigenvalue weighted by molar-refractivity contribution is -0.108. The second-order valence-electron chi connectivity index (χ2n) is 7.42. The molecule has 2 aliphatic rings. The number of nitrogens with one attached hydrogen (secondary N) is 2. The first kappa shape index (κ1) is 16.1. The summed E-state index contributed by atoms with van der Waals surface area (Å²) in [5.41, 5.74) is 1.64. The number of hydrogen-bond donors (Lipinski definition) is 2. The molecule has 6 heteroatoms. The molecule has 1 aliphatic carbocycles. The molecule has 0 unspecified atom stereocenters. The Balaban J connectivity index is 1.32. The fraction of sp³-hybridized carbons (Fsp3) is 0.474. The van der Waals surface area contributed by atoms with Crippen molar-refractivity contribution in [2.75, 3.05) is 6.61 Å².